The Bertz CT molecular complexity index is 359. The highest BCUT2D eigenvalue weighted by atomic mass is 16.5. The summed E-state index contributed by atoms with van der Waals surface area (Å²) < 4.78 is 7.01. The molecule has 1 unspecified atom stereocenters. The third-order valence-electron chi connectivity index (χ3n) is 2.80. The van der Waals surface area contributed by atoms with Crippen molar-refractivity contribution in [3.8, 4) is 0 Å². The average Bonchev–Trinajstić information content (AvgIpc) is 2.58. The molecule has 6 heteroatoms. The van der Waals surface area contributed by atoms with Crippen LogP contribution in [0.3, 0.4) is 0 Å². The lowest BCUT2D eigenvalue weighted by Gasteiger charge is -2.19. The van der Waals surface area contributed by atoms with Gasteiger partial charge in [-0.05, 0) is 19.8 Å². The first-order valence-electron chi connectivity index (χ1n) is 6.33. The van der Waals surface area contributed by atoms with Crippen LogP contribution in [0.2, 0.25) is 0 Å². The first-order chi connectivity index (χ1) is 8.63. The Hall–Kier alpha value is -1.27. The fourth-order valence-electron chi connectivity index (χ4n) is 1.87. The van der Waals surface area contributed by atoms with Crippen LogP contribution in [0.5, 0.6) is 0 Å². The molecule has 1 aromatic heterocycles. The Kier molecular flexibility index (Phi) is 5.94. The van der Waals surface area contributed by atoms with E-state index >= 15 is 0 Å². The predicted octanol–water partition coefficient (Wildman–Crippen LogP) is 0.993. The topological polar surface area (TPSA) is 85.3 Å². The van der Waals surface area contributed by atoms with Gasteiger partial charge in [-0.15, -0.1) is 0 Å². The molecule has 0 aliphatic rings. The molecule has 1 heterocycles. The summed E-state index contributed by atoms with van der Waals surface area (Å²) in [6.07, 6.45) is 1.60. The van der Waals surface area contributed by atoms with Crippen molar-refractivity contribution in [1.29, 1.82) is 0 Å². The van der Waals surface area contributed by atoms with Gasteiger partial charge in [0.15, 0.2) is 0 Å². The third kappa shape index (κ3) is 3.61. The van der Waals surface area contributed by atoms with Gasteiger partial charge in [0.1, 0.15) is 5.82 Å². The van der Waals surface area contributed by atoms with Crippen LogP contribution in [-0.4, -0.2) is 41.3 Å². The molecule has 1 rings (SSSR count). The number of aliphatic hydroxyl groups excluding tert-OH is 1. The summed E-state index contributed by atoms with van der Waals surface area (Å²) in [7, 11) is 1.64. The zero-order valence-corrected chi connectivity index (χ0v) is 11.4. The molecule has 0 aliphatic carbocycles. The number of rotatable bonds is 8. The van der Waals surface area contributed by atoms with Gasteiger partial charge in [0.05, 0.1) is 24.0 Å². The molecule has 104 valence electrons. The van der Waals surface area contributed by atoms with Crippen molar-refractivity contribution in [3.05, 3.63) is 5.69 Å². The van der Waals surface area contributed by atoms with E-state index in [9.17, 15) is 0 Å². The van der Waals surface area contributed by atoms with E-state index in [0.29, 0.717) is 18.7 Å². The molecule has 0 saturated heterocycles. The number of anilines is 2. The minimum Gasteiger partial charge on any atom is -0.396 e. The van der Waals surface area contributed by atoms with Crippen LogP contribution in [0.4, 0.5) is 11.5 Å². The molecule has 0 radical (unpaired) electrons. The molecule has 6 nitrogen and oxygen atoms in total. The number of hydrogen-bond acceptors (Lipinski definition) is 5. The SMILES string of the molecule is CCCn1nc(C)c(N)c1NC(CCO)COC. The first-order valence-corrected chi connectivity index (χ1v) is 6.33. The van der Waals surface area contributed by atoms with E-state index in [4.69, 9.17) is 15.6 Å². The number of hydrogen-bond donors (Lipinski definition) is 3. The third-order valence-corrected chi connectivity index (χ3v) is 2.80. The normalized spacial score (nSPS) is 12.7. The molecule has 0 spiro atoms. The number of aliphatic hydroxyl groups is 1. The smallest absolute Gasteiger partial charge is 0.148 e. The van der Waals surface area contributed by atoms with Crippen LogP contribution in [0.15, 0.2) is 0 Å². The van der Waals surface area contributed by atoms with Gasteiger partial charge in [-0.25, -0.2) is 4.68 Å². The monoisotopic (exact) mass is 256 g/mol. The molecule has 0 amide bonds. The maximum atomic E-state index is 9.04. The molecule has 0 saturated carbocycles. The van der Waals surface area contributed by atoms with Crippen molar-refractivity contribution in [2.24, 2.45) is 0 Å². The maximum Gasteiger partial charge on any atom is 0.148 e. The summed E-state index contributed by atoms with van der Waals surface area (Å²) in [6.45, 7) is 5.44. The summed E-state index contributed by atoms with van der Waals surface area (Å²) in [5.74, 6) is 0.824. The molecule has 1 atom stereocenters. The van der Waals surface area contributed by atoms with E-state index in [1.165, 1.54) is 0 Å². The lowest BCUT2D eigenvalue weighted by Crippen LogP contribution is -2.28. The number of methoxy groups -OCH3 is 1. The second-order valence-corrected chi connectivity index (χ2v) is 4.38. The van der Waals surface area contributed by atoms with Crippen LogP contribution in [0.1, 0.15) is 25.5 Å². The molecule has 18 heavy (non-hydrogen) atoms. The van der Waals surface area contributed by atoms with E-state index in [1.54, 1.807) is 7.11 Å². The van der Waals surface area contributed by atoms with Crippen molar-refractivity contribution >= 4 is 11.5 Å². The van der Waals surface area contributed by atoms with Crippen LogP contribution in [0.25, 0.3) is 0 Å². The number of aromatic nitrogens is 2. The van der Waals surface area contributed by atoms with E-state index in [1.807, 2.05) is 11.6 Å². The Morgan fingerprint density at radius 3 is 2.83 bits per heavy atom. The lowest BCUT2D eigenvalue weighted by atomic mass is 10.2. The van der Waals surface area contributed by atoms with Crippen molar-refractivity contribution in [2.75, 3.05) is 31.4 Å². The van der Waals surface area contributed by atoms with Gasteiger partial charge in [0.2, 0.25) is 0 Å². The zero-order chi connectivity index (χ0) is 13.5. The lowest BCUT2D eigenvalue weighted by molar-refractivity contribution is 0.170. The van der Waals surface area contributed by atoms with Crippen molar-refractivity contribution in [1.82, 2.24) is 9.78 Å². The molecule has 0 fully saturated rings. The second-order valence-electron chi connectivity index (χ2n) is 4.38. The zero-order valence-electron chi connectivity index (χ0n) is 11.4. The van der Waals surface area contributed by atoms with Gasteiger partial charge < -0.3 is 20.9 Å². The number of nitrogens with one attached hydrogen (secondary N) is 1. The Labute approximate surface area is 108 Å². The Morgan fingerprint density at radius 1 is 1.56 bits per heavy atom. The Balaban J connectivity index is 2.85. The molecule has 0 bridgehead atoms. The summed E-state index contributed by atoms with van der Waals surface area (Å²) in [4.78, 5) is 0. The number of nitrogen functional groups attached to an aromatic ring is 1. The minimum atomic E-state index is 0.0361. The second kappa shape index (κ2) is 7.23. The molecule has 1 aromatic rings. The fraction of sp³-hybridized carbons (Fsp3) is 0.750. The van der Waals surface area contributed by atoms with Crippen molar-refractivity contribution < 1.29 is 9.84 Å². The summed E-state index contributed by atoms with van der Waals surface area (Å²) in [6, 6.07) is 0.0361. The number of aryl methyl sites for hydroxylation is 2. The minimum absolute atomic E-state index is 0.0361. The van der Waals surface area contributed by atoms with Crippen molar-refractivity contribution in [3.63, 3.8) is 0 Å². The van der Waals surface area contributed by atoms with E-state index < -0.39 is 0 Å². The quantitative estimate of drug-likeness (QED) is 0.646. The number of nitrogens with two attached hydrogens (primary N) is 1. The van der Waals surface area contributed by atoms with Crippen LogP contribution in [-0.2, 0) is 11.3 Å². The van der Waals surface area contributed by atoms with Crippen LogP contribution >= 0.6 is 0 Å². The molecule has 0 aromatic carbocycles. The van der Waals surface area contributed by atoms with E-state index in [2.05, 4.69) is 17.3 Å². The maximum absolute atomic E-state index is 9.04. The standard InChI is InChI=1S/C12H24N4O2/c1-4-6-16-12(11(13)9(2)15-16)14-10(5-7-17)8-18-3/h10,14,17H,4-8,13H2,1-3H3. The Morgan fingerprint density at radius 2 is 2.28 bits per heavy atom. The summed E-state index contributed by atoms with van der Waals surface area (Å²) in [5.41, 5.74) is 7.52. The van der Waals surface area contributed by atoms with Gasteiger partial charge >= 0.3 is 0 Å². The highest BCUT2D eigenvalue weighted by Gasteiger charge is 2.16. The van der Waals surface area contributed by atoms with Gasteiger partial charge in [0, 0.05) is 20.3 Å². The first kappa shape index (κ1) is 14.8. The predicted molar refractivity (Wildman–Crippen MR) is 72.7 cm³/mol. The molecular formula is C12H24N4O2. The van der Waals surface area contributed by atoms with E-state index in [0.717, 1.165) is 24.5 Å². The van der Waals surface area contributed by atoms with Gasteiger partial charge in [-0.3, -0.25) is 0 Å². The van der Waals surface area contributed by atoms with Crippen LogP contribution < -0.4 is 11.1 Å². The van der Waals surface area contributed by atoms with Crippen molar-refractivity contribution in [2.45, 2.75) is 39.3 Å². The number of ether oxygens (including phenoxy) is 1. The van der Waals surface area contributed by atoms with Crippen LogP contribution in [0, 0.1) is 6.92 Å². The van der Waals surface area contributed by atoms with Gasteiger partial charge in [-0.2, -0.15) is 5.10 Å². The summed E-state index contributed by atoms with van der Waals surface area (Å²) >= 11 is 0. The molecule has 4 N–H and O–H groups in total. The summed E-state index contributed by atoms with van der Waals surface area (Å²) in [5, 5.41) is 16.8. The highest BCUT2D eigenvalue weighted by molar-refractivity contribution is 5.65. The number of nitrogens with zero attached hydrogens (tertiary/aromatic N) is 2. The largest absolute Gasteiger partial charge is 0.396 e. The van der Waals surface area contributed by atoms with Gasteiger partial charge in [-0.1, -0.05) is 6.92 Å². The average molecular weight is 256 g/mol. The fourth-order valence-corrected chi connectivity index (χ4v) is 1.87. The molecular weight excluding hydrogens is 232 g/mol. The van der Waals surface area contributed by atoms with E-state index in [-0.39, 0.29) is 12.6 Å². The highest BCUT2D eigenvalue weighted by Crippen LogP contribution is 2.23. The van der Waals surface area contributed by atoms with Gasteiger partial charge in [0.25, 0.3) is 0 Å². The molecule has 0 aliphatic heterocycles.